The molecule has 0 bridgehead atoms. The molecule has 0 N–H and O–H groups in total. The Morgan fingerprint density at radius 3 is 1.07 bits per heavy atom. The highest BCUT2D eigenvalue weighted by atomic mass is 32.2. The van der Waals surface area contributed by atoms with Crippen molar-refractivity contribution < 1.29 is 0 Å². The fourth-order valence-corrected chi connectivity index (χ4v) is 11.3. The van der Waals surface area contributed by atoms with Crippen LogP contribution < -0.4 is 9.80 Å². The third-order valence-electron chi connectivity index (χ3n) is 8.89. The fraction of sp³-hybridized carbons (Fsp3) is 0.100. The number of piperazine rings is 1. The van der Waals surface area contributed by atoms with Gasteiger partial charge in [-0.3, -0.25) is 0 Å². The van der Waals surface area contributed by atoms with E-state index in [2.05, 4.69) is 143 Å². The Hall–Kier alpha value is -3.68. The normalized spacial score (nSPS) is 15.0. The lowest BCUT2D eigenvalue weighted by atomic mass is 10.0. The van der Waals surface area contributed by atoms with Crippen molar-refractivity contribution in [2.24, 2.45) is 0 Å². The Morgan fingerprint density at radius 1 is 0.326 bits per heavy atom. The van der Waals surface area contributed by atoms with Gasteiger partial charge in [-0.2, -0.15) is 0 Å². The molecule has 0 unspecified atom stereocenters. The Morgan fingerprint density at radius 2 is 0.674 bits per heavy atom. The van der Waals surface area contributed by atoms with Gasteiger partial charge in [0.05, 0.1) is 0 Å². The summed E-state index contributed by atoms with van der Waals surface area (Å²) in [5, 5.41) is 0. The molecule has 0 amide bonds. The maximum Gasteiger partial charge on any atom is 0.0367 e. The van der Waals surface area contributed by atoms with Gasteiger partial charge in [0, 0.05) is 76.7 Å². The smallest absolute Gasteiger partial charge is 0.0367 e. The molecule has 0 atom stereocenters. The molecule has 0 aromatic heterocycles. The van der Waals surface area contributed by atoms with Crippen molar-refractivity contribution in [3.05, 3.63) is 133 Å². The van der Waals surface area contributed by atoms with Crippen LogP contribution in [-0.2, 0) is 0 Å². The van der Waals surface area contributed by atoms with Crippen LogP contribution in [0.1, 0.15) is 0 Å². The standard InChI is InChI=1S/C40H30N2S4/c1-3-11-35-33(9-1)43-37-13-5-7-31(39(37)45-35)27-15-19-29(20-16-27)41-23-25-42(26-24-41)30-21-17-28(18-22-30)32-8-6-14-38-40(32)46-36-12-4-2-10-34(36)44-38/h1-22H,23-26H2. The van der Waals surface area contributed by atoms with Gasteiger partial charge in [0.1, 0.15) is 0 Å². The predicted molar refractivity (Wildman–Crippen MR) is 198 cm³/mol. The number of rotatable bonds is 4. The van der Waals surface area contributed by atoms with Gasteiger partial charge in [0.15, 0.2) is 0 Å². The molecule has 3 aliphatic rings. The Kier molecular flexibility index (Phi) is 7.54. The maximum atomic E-state index is 2.53. The lowest BCUT2D eigenvalue weighted by Gasteiger charge is -2.37. The van der Waals surface area contributed by atoms with E-state index in [-0.39, 0.29) is 0 Å². The zero-order valence-electron chi connectivity index (χ0n) is 25.1. The van der Waals surface area contributed by atoms with Gasteiger partial charge in [-0.1, -0.05) is 120 Å². The SMILES string of the molecule is c1ccc2c(c1)Sc1cccc(-c3ccc(N4CCN(c5ccc(-c6cccc7c6Sc6ccccc6S7)cc5)CC4)cc3)c1S2. The van der Waals surface area contributed by atoms with Crippen molar-refractivity contribution >= 4 is 58.4 Å². The first-order valence-corrected chi connectivity index (χ1v) is 18.9. The topological polar surface area (TPSA) is 6.48 Å². The molecule has 0 spiro atoms. The van der Waals surface area contributed by atoms with Crippen LogP contribution in [0.3, 0.4) is 0 Å². The van der Waals surface area contributed by atoms with E-state index in [1.54, 1.807) is 0 Å². The molecule has 6 aromatic carbocycles. The average molecular weight is 667 g/mol. The Labute approximate surface area is 287 Å². The zero-order valence-corrected chi connectivity index (χ0v) is 28.3. The van der Waals surface area contributed by atoms with Gasteiger partial charge in [-0.25, -0.2) is 0 Å². The summed E-state index contributed by atoms with van der Waals surface area (Å²) in [5.41, 5.74) is 7.83. The number of anilines is 2. The molecule has 6 aromatic rings. The van der Waals surface area contributed by atoms with E-state index >= 15 is 0 Å². The highest BCUT2D eigenvalue weighted by Gasteiger charge is 2.23. The second kappa shape index (κ2) is 12.2. The highest BCUT2D eigenvalue weighted by Crippen LogP contribution is 2.53. The largest absolute Gasteiger partial charge is 0.368 e. The van der Waals surface area contributed by atoms with Gasteiger partial charge < -0.3 is 9.80 Å². The fourth-order valence-electron chi connectivity index (χ4n) is 6.48. The van der Waals surface area contributed by atoms with Crippen LogP contribution in [0.4, 0.5) is 11.4 Å². The minimum atomic E-state index is 1.02. The van der Waals surface area contributed by atoms with Gasteiger partial charge in [0.25, 0.3) is 0 Å². The first-order chi connectivity index (χ1) is 22.8. The first kappa shape index (κ1) is 28.5. The van der Waals surface area contributed by atoms with Gasteiger partial charge in [0.2, 0.25) is 0 Å². The maximum absolute atomic E-state index is 2.53. The van der Waals surface area contributed by atoms with Crippen molar-refractivity contribution in [2.45, 2.75) is 39.2 Å². The molecule has 1 saturated heterocycles. The van der Waals surface area contributed by atoms with E-state index in [1.165, 1.54) is 72.8 Å². The Bertz CT molecular complexity index is 1920. The van der Waals surface area contributed by atoms with Crippen LogP contribution in [0.5, 0.6) is 0 Å². The monoisotopic (exact) mass is 666 g/mol. The van der Waals surface area contributed by atoms with E-state index in [9.17, 15) is 0 Å². The van der Waals surface area contributed by atoms with E-state index in [0.29, 0.717) is 0 Å². The summed E-state index contributed by atoms with van der Waals surface area (Å²) in [7, 11) is 0. The summed E-state index contributed by atoms with van der Waals surface area (Å²) in [5.74, 6) is 0. The summed E-state index contributed by atoms with van der Waals surface area (Å²) in [4.78, 5) is 15.9. The molecule has 224 valence electrons. The first-order valence-electron chi connectivity index (χ1n) is 15.6. The molecule has 0 aliphatic carbocycles. The molecule has 9 rings (SSSR count). The lowest BCUT2D eigenvalue weighted by molar-refractivity contribution is 0.653. The van der Waals surface area contributed by atoms with E-state index < -0.39 is 0 Å². The number of fused-ring (bicyclic) bond motifs is 4. The molecular formula is C40H30N2S4. The minimum Gasteiger partial charge on any atom is -0.368 e. The summed E-state index contributed by atoms with van der Waals surface area (Å²) >= 11 is 7.56. The predicted octanol–water partition coefficient (Wildman–Crippen LogP) is 11.6. The highest BCUT2D eigenvalue weighted by molar-refractivity contribution is 8.05. The molecular weight excluding hydrogens is 637 g/mol. The van der Waals surface area contributed by atoms with Crippen LogP contribution in [0.25, 0.3) is 22.3 Å². The molecule has 0 saturated carbocycles. The third-order valence-corrected chi connectivity index (χ3v) is 14.1. The van der Waals surface area contributed by atoms with Crippen LogP contribution in [0.15, 0.2) is 173 Å². The van der Waals surface area contributed by atoms with Crippen LogP contribution in [0.2, 0.25) is 0 Å². The Balaban J connectivity index is 0.872. The summed E-state index contributed by atoms with van der Waals surface area (Å²) in [6.45, 7) is 4.07. The number of hydrogen-bond acceptors (Lipinski definition) is 6. The molecule has 2 nitrogen and oxygen atoms in total. The lowest BCUT2D eigenvalue weighted by Crippen LogP contribution is -2.46. The van der Waals surface area contributed by atoms with Crippen molar-refractivity contribution in [3.8, 4) is 22.3 Å². The number of hydrogen-bond donors (Lipinski definition) is 0. The minimum absolute atomic E-state index is 1.02. The number of nitrogens with zero attached hydrogens (tertiary/aromatic N) is 2. The zero-order chi connectivity index (χ0) is 30.5. The molecule has 1 fully saturated rings. The van der Waals surface area contributed by atoms with Crippen LogP contribution >= 0.6 is 47.0 Å². The second-order valence-electron chi connectivity index (χ2n) is 11.6. The van der Waals surface area contributed by atoms with Gasteiger partial charge >= 0.3 is 0 Å². The third kappa shape index (κ3) is 5.31. The number of benzene rings is 6. The van der Waals surface area contributed by atoms with Crippen molar-refractivity contribution in [2.75, 3.05) is 36.0 Å². The molecule has 46 heavy (non-hydrogen) atoms. The molecule has 0 radical (unpaired) electrons. The van der Waals surface area contributed by atoms with E-state index in [4.69, 9.17) is 0 Å². The second-order valence-corrected chi connectivity index (χ2v) is 15.9. The summed E-state index contributed by atoms with van der Waals surface area (Å²) < 4.78 is 0. The molecule has 6 heteroatoms. The molecule has 3 aliphatic heterocycles. The van der Waals surface area contributed by atoms with Crippen molar-refractivity contribution in [1.82, 2.24) is 0 Å². The van der Waals surface area contributed by atoms with Crippen LogP contribution in [0, 0.1) is 0 Å². The van der Waals surface area contributed by atoms with Crippen molar-refractivity contribution in [3.63, 3.8) is 0 Å². The average Bonchev–Trinajstić information content (AvgIpc) is 3.13. The van der Waals surface area contributed by atoms with Crippen LogP contribution in [-0.4, -0.2) is 26.2 Å². The van der Waals surface area contributed by atoms with Gasteiger partial charge in [-0.05, 0) is 82.9 Å². The summed E-state index contributed by atoms with van der Waals surface area (Å²) in [6, 6.07) is 49.3. The summed E-state index contributed by atoms with van der Waals surface area (Å²) in [6.07, 6.45) is 0. The van der Waals surface area contributed by atoms with E-state index in [0.717, 1.165) is 26.2 Å². The van der Waals surface area contributed by atoms with Crippen molar-refractivity contribution in [1.29, 1.82) is 0 Å². The van der Waals surface area contributed by atoms with E-state index in [1.807, 2.05) is 47.0 Å². The molecule has 3 heterocycles. The van der Waals surface area contributed by atoms with Gasteiger partial charge in [-0.15, -0.1) is 0 Å². The quantitative estimate of drug-likeness (QED) is 0.183.